The molecule has 0 aliphatic heterocycles. The van der Waals surface area contributed by atoms with Gasteiger partial charge in [0.2, 0.25) is 5.91 Å². The van der Waals surface area contributed by atoms with E-state index in [0.29, 0.717) is 36.4 Å². The quantitative estimate of drug-likeness (QED) is 0.582. The molecular weight excluding hydrogens is 437 g/mol. The molecule has 2 aromatic heterocycles. The molecule has 3 rings (SSSR count). The average molecular weight is 454 g/mol. The number of carbonyl (C=O) groups excluding carboxylic acids is 2. The van der Waals surface area contributed by atoms with E-state index in [-0.39, 0.29) is 12.6 Å². The van der Waals surface area contributed by atoms with Crippen molar-refractivity contribution in [3.8, 4) is 0 Å². The van der Waals surface area contributed by atoms with Gasteiger partial charge >= 0.3 is 5.97 Å². The Balaban J connectivity index is 1.86. The van der Waals surface area contributed by atoms with Gasteiger partial charge < -0.3 is 10.1 Å². The predicted molar refractivity (Wildman–Crippen MR) is 114 cm³/mol. The van der Waals surface area contributed by atoms with Crippen LogP contribution in [-0.2, 0) is 16.1 Å². The number of rotatable bonds is 5. The molecule has 0 fully saturated rings. The highest BCUT2D eigenvalue weighted by Gasteiger charge is 2.21. The van der Waals surface area contributed by atoms with E-state index in [2.05, 4.69) is 10.3 Å². The smallest absolute Gasteiger partial charge is 0.348 e. The minimum Gasteiger partial charge on any atom is -0.459 e. The van der Waals surface area contributed by atoms with Crippen molar-refractivity contribution in [2.75, 3.05) is 5.32 Å². The average Bonchev–Trinajstić information content (AvgIpc) is 2.97. The molecule has 29 heavy (non-hydrogen) atoms. The van der Waals surface area contributed by atoms with E-state index < -0.39 is 17.4 Å². The lowest BCUT2D eigenvalue weighted by atomic mass is 10.2. The molecule has 0 unspecified atom stereocenters. The lowest BCUT2D eigenvalue weighted by Gasteiger charge is -2.08. The molecule has 1 aromatic carbocycles. The summed E-state index contributed by atoms with van der Waals surface area (Å²) in [5.41, 5.74) is 0.543. The van der Waals surface area contributed by atoms with Crippen LogP contribution in [0, 0.1) is 6.92 Å². The molecule has 1 amide bonds. The lowest BCUT2D eigenvalue weighted by Crippen LogP contribution is -2.27. The number of carbonyl (C=O) groups is 2. The second-order valence-corrected chi connectivity index (χ2v) is 8.36. The lowest BCUT2D eigenvalue weighted by molar-refractivity contribution is -0.116. The van der Waals surface area contributed by atoms with E-state index in [1.165, 1.54) is 17.0 Å². The second kappa shape index (κ2) is 8.52. The summed E-state index contributed by atoms with van der Waals surface area (Å²) in [6, 6.07) is 4.68. The summed E-state index contributed by atoms with van der Waals surface area (Å²) in [6.07, 6.45) is 1.01. The van der Waals surface area contributed by atoms with Gasteiger partial charge in [0.1, 0.15) is 16.3 Å². The predicted octanol–water partition coefficient (Wildman–Crippen LogP) is 4.28. The summed E-state index contributed by atoms with van der Waals surface area (Å²) < 4.78 is 6.40. The number of esters is 1. The topological polar surface area (TPSA) is 90.3 Å². The van der Waals surface area contributed by atoms with Crippen LogP contribution in [0.4, 0.5) is 5.69 Å². The summed E-state index contributed by atoms with van der Waals surface area (Å²) in [6.45, 7) is 4.92. The van der Waals surface area contributed by atoms with Crippen molar-refractivity contribution >= 4 is 62.3 Å². The summed E-state index contributed by atoms with van der Waals surface area (Å²) in [4.78, 5) is 42.4. The normalized spacial score (nSPS) is 11.1. The number of nitrogens with one attached hydrogen (secondary N) is 1. The minimum absolute atomic E-state index is 0.247. The first-order chi connectivity index (χ1) is 13.7. The fourth-order valence-electron chi connectivity index (χ4n) is 2.66. The molecule has 0 radical (unpaired) electrons. The van der Waals surface area contributed by atoms with Crippen LogP contribution in [0.5, 0.6) is 0 Å². The Labute approximate surface area is 180 Å². The van der Waals surface area contributed by atoms with Gasteiger partial charge in [-0.05, 0) is 44.5 Å². The van der Waals surface area contributed by atoms with Crippen LogP contribution in [0.2, 0.25) is 10.0 Å². The number of aromatic nitrogens is 2. The maximum Gasteiger partial charge on any atom is 0.348 e. The van der Waals surface area contributed by atoms with Crippen LogP contribution >= 0.6 is 34.5 Å². The van der Waals surface area contributed by atoms with E-state index in [0.717, 1.165) is 11.3 Å². The highest BCUT2D eigenvalue weighted by atomic mass is 35.5. The number of benzene rings is 1. The molecule has 0 aliphatic carbocycles. The largest absolute Gasteiger partial charge is 0.459 e. The zero-order valence-electron chi connectivity index (χ0n) is 15.8. The van der Waals surface area contributed by atoms with E-state index in [1.807, 2.05) is 0 Å². The number of anilines is 1. The Bertz CT molecular complexity index is 1170. The van der Waals surface area contributed by atoms with Crippen molar-refractivity contribution in [1.82, 2.24) is 9.55 Å². The third kappa shape index (κ3) is 4.60. The Morgan fingerprint density at radius 2 is 2.00 bits per heavy atom. The molecule has 0 bridgehead atoms. The molecule has 0 spiro atoms. The summed E-state index contributed by atoms with van der Waals surface area (Å²) in [5.74, 6) is -0.928. The zero-order chi connectivity index (χ0) is 21.3. The number of hydrogen-bond donors (Lipinski definition) is 1. The van der Waals surface area contributed by atoms with Crippen molar-refractivity contribution in [2.24, 2.45) is 0 Å². The van der Waals surface area contributed by atoms with Crippen LogP contribution in [0.1, 0.15) is 29.1 Å². The second-order valence-electron chi connectivity index (χ2n) is 6.55. The van der Waals surface area contributed by atoms with Gasteiger partial charge in [-0.1, -0.05) is 23.2 Å². The third-order valence-corrected chi connectivity index (χ3v) is 5.88. The first-order valence-corrected chi connectivity index (χ1v) is 10.2. The Hall–Kier alpha value is -2.42. The van der Waals surface area contributed by atoms with Gasteiger partial charge in [-0.15, -0.1) is 11.3 Å². The van der Waals surface area contributed by atoms with Crippen molar-refractivity contribution in [2.45, 2.75) is 33.4 Å². The molecule has 2 heterocycles. The minimum atomic E-state index is -0.496. The molecular formula is C19H17Cl2N3O4S. The SMILES string of the molecule is Cc1c(C(=O)OC(C)C)sc2ncn(CC(=O)Nc3ccc(Cl)c(Cl)c3)c(=O)c12. The van der Waals surface area contributed by atoms with Gasteiger partial charge in [0.25, 0.3) is 5.56 Å². The molecule has 0 saturated carbocycles. The third-order valence-electron chi connectivity index (χ3n) is 3.96. The van der Waals surface area contributed by atoms with Crippen molar-refractivity contribution < 1.29 is 14.3 Å². The molecule has 10 heteroatoms. The van der Waals surface area contributed by atoms with Crippen molar-refractivity contribution in [3.05, 3.63) is 55.4 Å². The van der Waals surface area contributed by atoms with Gasteiger partial charge in [-0.3, -0.25) is 14.2 Å². The summed E-state index contributed by atoms with van der Waals surface area (Å²) >= 11 is 12.9. The fourth-order valence-corrected chi connectivity index (χ4v) is 3.98. The monoisotopic (exact) mass is 453 g/mol. The Kier molecular flexibility index (Phi) is 6.26. The zero-order valence-corrected chi connectivity index (χ0v) is 18.1. The molecule has 3 aromatic rings. The van der Waals surface area contributed by atoms with E-state index >= 15 is 0 Å². The number of halogens is 2. The standard InChI is InChI=1S/C19H17Cl2N3O4S/c1-9(2)28-19(27)16-10(3)15-17(29-16)22-8-24(18(15)26)7-14(25)23-11-4-5-12(20)13(21)6-11/h4-6,8-9H,7H2,1-3H3,(H,23,25). The number of fused-ring (bicyclic) bond motifs is 1. The fraction of sp³-hybridized carbons (Fsp3) is 0.263. The van der Waals surface area contributed by atoms with Gasteiger partial charge in [0, 0.05) is 5.69 Å². The van der Waals surface area contributed by atoms with E-state index in [4.69, 9.17) is 27.9 Å². The first-order valence-electron chi connectivity index (χ1n) is 8.61. The number of thiophene rings is 1. The van der Waals surface area contributed by atoms with Crippen LogP contribution < -0.4 is 10.9 Å². The first kappa shape index (κ1) is 21.3. The van der Waals surface area contributed by atoms with Crippen LogP contribution in [0.3, 0.4) is 0 Å². The van der Waals surface area contributed by atoms with E-state index in [1.54, 1.807) is 32.9 Å². The number of nitrogens with zero attached hydrogens (tertiary/aromatic N) is 2. The molecule has 0 atom stereocenters. The highest BCUT2D eigenvalue weighted by molar-refractivity contribution is 7.20. The van der Waals surface area contributed by atoms with Crippen LogP contribution in [-0.4, -0.2) is 27.5 Å². The highest BCUT2D eigenvalue weighted by Crippen LogP contribution is 2.28. The molecule has 1 N–H and O–H groups in total. The Morgan fingerprint density at radius 1 is 1.28 bits per heavy atom. The molecule has 0 aliphatic rings. The molecule has 152 valence electrons. The van der Waals surface area contributed by atoms with Crippen molar-refractivity contribution in [1.29, 1.82) is 0 Å². The summed E-state index contributed by atoms with van der Waals surface area (Å²) in [7, 11) is 0. The number of hydrogen-bond acceptors (Lipinski definition) is 6. The van der Waals surface area contributed by atoms with Gasteiger partial charge in [-0.25, -0.2) is 9.78 Å². The van der Waals surface area contributed by atoms with Gasteiger partial charge in [0.15, 0.2) is 0 Å². The van der Waals surface area contributed by atoms with Crippen molar-refractivity contribution in [3.63, 3.8) is 0 Å². The summed E-state index contributed by atoms with van der Waals surface area (Å²) in [5, 5.41) is 3.63. The van der Waals surface area contributed by atoms with Crippen LogP contribution in [0.25, 0.3) is 10.2 Å². The Morgan fingerprint density at radius 3 is 2.66 bits per heavy atom. The van der Waals surface area contributed by atoms with E-state index in [9.17, 15) is 14.4 Å². The van der Waals surface area contributed by atoms with Crippen LogP contribution in [0.15, 0.2) is 29.3 Å². The van der Waals surface area contributed by atoms with Gasteiger partial charge in [0.05, 0.1) is 27.9 Å². The maximum absolute atomic E-state index is 12.9. The molecule has 7 nitrogen and oxygen atoms in total. The maximum atomic E-state index is 12.9. The number of amides is 1. The van der Waals surface area contributed by atoms with Gasteiger partial charge in [-0.2, -0.15) is 0 Å². The number of ether oxygens (including phenoxy) is 1. The number of aryl methyl sites for hydroxylation is 1. The molecule has 0 saturated heterocycles.